The summed E-state index contributed by atoms with van der Waals surface area (Å²) in [6, 6.07) is 15.9. The van der Waals surface area contributed by atoms with E-state index in [0.717, 1.165) is 43.3 Å². The number of carbonyl (C=O) groups excluding carboxylic acids is 1. The van der Waals surface area contributed by atoms with Crippen LogP contribution in [0.5, 0.6) is 5.75 Å². The summed E-state index contributed by atoms with van der Waals surface area (Å²) in [6.07, 6.45) is 0.492. The Morgan fingerprint density at radius 2 is 1.72 bits per heavy atom. The first-order chi connectivity index (χ1) is 14.0. The number of hydrogen-bond donors (Lipinski definition) is 2. The van der Waals surface area contributed by atoms with Gasteiger partial charge in [0.05, 0.1) is 11.8 Å². The van der Waals surface area contributed by atoms with Crippen molar-refractivity contribution in [2.75, 3.05) is 55.3 Å². The lowest BCUT2D eigenvalue weighted by atomic mass is 10.2. The van der Waals surface area contributed by atoms with Gasteiger partial charge in [-0.25, -0.2) is 0 Å². The lowest BCUT2D eigenvalue weighted by Gasteiger charge is -2.34. The molecule has 2 N–H and O–H groups in total. The molecule has 2 aromatic carbocycles. The Bertz CT molecular complexity index is 784. The van der Waals surface area contributed by atoms with Crippen molar-refractivity contribution in [2.45, 2.75) is 26.4 Å². The lowest BCUT2D eigenvalue weighted by molar-refractivity contribution is -0.115. The Morgan fingerprint density at radius 3 is 2.41 bits per heavy atom. The Kier molecular flexibility index (Phi) is 7.36. The maximum Gasteiger partial charge on any atom is 0.226 e. The Labute approximate surface area is 173 Å². The summed E-state index contributed by atoms with van der Waals surface area (Å²) in [7, 11) is 2.15. The number of carbonyl (C=O) groups is 1. The Balaban J connectivity index is 1.45. The number of anilines is 3. The number of nitrogens with one attached hydrogen (secondary N) is 2. The number of amides is 1. The normalized spacial score (nSPS) is 14.7. The molecule has 0 unspecified atom stereocenters. The van der Waals surface area contributed by atoms with Crippen molar-refractivity contribution in [2.24, 2.45) is 0 Å². The summed E-state index contributed by atoms with van der Waals surface area (Å²) in [5, 5.41) is 6.27. The molecule has 6 nitrogen and oxygen atoms in total. The summed E-state index contributed by atoms with van der Waals surface area (Å²) in [5.74, 6) is 0.800. The first-order valence-electron chi connectivity index (χ1n) is 10.3. The SMILES string of the molecule is CC(C)Oc1ccccc1NCCC(=O)Nc1ccc(N2CCN(C)CC2)cc1. The van der Waals surface area contributed by atoms with Crippen molar-refractivity contribution in [3.63, 3.8) is 0 Å². The predicted molar refractivity (Wildman–Crippen MR) is 120 cm³/mol. The highest BCUT2D eigenvalue weighted by molar-refractivity contribution is 5.91. The van der Waals surface area contributed by atoms with Gasteiger partial charge in [-0.1, -0.05) is 12.1 Å². The number of hydrogen-bond acceptors (Lipinski definition) is 5. The van der Waals surface area contributed by atoms with Crippen LogP contribution in [0.25, 0.3) is 0 Å². The van der Waals surface area contributed by atoms with Gasteiger partial charge in [-0.15, -0.1) is 0 Å². The molecule has 156 valence electrons. The van der Waals surface area contributed by atoms with Gasteiger partial charge in [-0.3, -0.25) is 4.79 Å². The van der Waals surface area contributed by atoms with Gasteiger partial charge < -0.3 is 25.2 Å². The molecule has 1 saturated heterocycles. The van der Waals surface area contributed by atoms with E-state index in [0.29, 0.717) is 13.0 Å². The highest BCUT2D eigenvalue weighted by atomic mass is 16.5. The zero-order valence-corrected chi connectivity index (χ0v) is 17.6. The monoisotopic (exact) mass is 396 g/mol. The van der Waals surface area contributed by atoms with Crippen molar-refractivity contribution in [3.8, 4) is 5.75 Å². The average molecular weight is 397 g/mol. The third kappa shape index (κ3) is 6.39. The van der Waals surface area contributed by atoms with E-state index < -0.39 is 0 Å². The second kappa shape index (κ2) is 10.2. The highest BCUT2D eigenvalue weighted by Crippen LogP contribution is 2.25. The molecule has 0 saturated carbocycles. The molecule has 1 aliphatic heterocycles. The molecule has 0 radical (unpaired) electrons. The van der Waals surface area contributed by atoms with Crippen LogP contribution in [0.4, 0.5) is 17.1 Å². The van der Waals surface area contributed by atoms with E-state index in [-0.39, 0.29) is 12.0 Å². The summed E-state index contributed by atoms with van der Waals surface area (Å²) in [4.78, 5) is 17.0. The minimum Gasteiger partial charge on any atom is -0.489 e. The number of benzene rings is 2. The quantitative estimate of drug-likeness (QED) is 0.713. The summed E-state index contributed by atoms with van der Waals surface area (Å²) in [6.45, 7) is 8.78. The zero-order valence-electron chi connectivity index (χ0n) is 17.6. The largest absolute Gasteiger partial charge is 0.489 e. The molecular formula is C23H32N4O2. The molecule has 0 atom stereocenters. The second-order valence-corrected chi connectivity index (χ2v) is 7.72. The second-order valence-electron chi connectivity index (χ2n) is 7.72. The molecule has 29 heavy (non-hydrogen) atoms. The third-order valence-electron chi connectivity index (χ3n) is 4.94. The molecule has 6 heteroatoms. The molecular weight excluding hydrogens is 364 g/mol. The maximum atomic E-state index is 12.3. The van der Waals surface area contributed by atoms with Crippen molar-refractivity contribution in [1.29, 1.82) is 0 Å². The fourth-order valence-electron chi connectivity index (χ4n) is 3.32. The average Bonchev–Trinajstić information content (AvgIpc) is 2.70. The summed E-state index contributed by atoms with van der Waals surface area (Å²) in [5.41, 5.74) is 2.95. The van der Waals surface area contributed by atoms with Crippen LogP contribution in [0.15, 0.2) is 48.5 Å². The molecule has 1 heterocycles. The minimum atomic E-state index is -0.00731. The predicted octanol–water partition coefficient (Wildman–Crippen LogP) is 3.67. The van der Waals surface area contributed by atoms with Crippen LogP contribution in [0.1, 0.15) is 20.3 Å². The van der Waals surface area contributed by atoms with Crippen LogP contribution in [0, 0.1) is 0 Å². The van der Waals surface area contributed by atoms with Crippen LogP contribution >= 0.6 is 0 Å². The number of piperazine rings is 1. The Morgan fingerprint density at radius 1 is 1.03 bits per heavy atom. The standard InChI is InChI=1S/C23H32N4O2/c1-18(2)29-22-7-5-4-6-21(22)24-13-12-23(28)25-19-8-10-20(11-9-19)27-16-14-26(3)15-17-27/h4-11,18,24H,12-17H2,1-3H3,(H,25,28). The van der Waals surface area contributed by atoms with Gasteiger partial charge in [0, 0.05) is 50.5 Å². The number of para-hydroxylation sites is 2. The number of likely N-dealkylation sites (N-methyl/N-ethyl adjacent to an activating group) is 1. The van der Waals surface area contributed by atoms with Crippen LogP contribution in [0.2, 0.25) is 0 Å². The van der Waals surface area contributed by atoms with Gasteiger partial charge in [0.25, 0.3) is 0 Å². The van der Waals surface area contributed by atoms with Gasteiger partial charge in [0.1, 0.15) is 5.75 Å². The summed E-state index contributed by atoms with van der Waals surface area (Å²) >= 11 is 0. The number of nitrogens with zero attached hydrogens (tertiary/aromatic N) is 2. The van der Waals surface area contributed by atoms with E-state index >= 15 is 0 Å². The van der Waals surface area contributed by atoms with Gasteiger partial charge in [0.2, 0.25) is 5.91 Å². The van der Waals surface area contributed by atoms with Gasteiger partial charge in [0.15, 0.2) is 0 Å². The fraction of sp³-hybridized carbons (Fsp3) is 0.435. The molecule has 1 amide bonds. The molecule has 0 aliphatic carbocycles. The van der Waals surface area contributed by atoms with E-state index in [4.69, 9.17) is 4.74 Å². The lowest BCUT2D eigenvalue weighted by Crippen LogP contribution is -2.44. The minimum absolute atomic E-state index is 0.00731. The van der Waals surface area contributed by atoms with E-state index in [9.17, 15) is 4.79 Å². The van der Waals surface area contributed by atoms with Crippen molar-refractivity contribution < 1.29 is 9.53 Å². The zero-order chi connectivity index (χ0) is 20.6. The first kappa shape index (κ1) is 21.0. The van der Waals surface area contributed by atoms with Crippen molar-refractivity contribution >= 4 is 23.0 Å². The molecule has 1 fully saturated rings. The van der Waals surface area contributed by atoms with E-state index in [2.05, 4.69) is 39.6 Å². The molecule has 3 rings (SSSR count). The third-order valence-corrected chi connectivity index (χ3v) is 4.94. The molecule has 0 spiro atoms. The van der Waals surface area contributed by atoms with E-state index in [1.165, 1.54) is 5.69 Å². The molecule has 0 aromatic heterocycles. The van der Waals surface area contributed by atoms with E-state index in [1.54, 1.807) is 0 Å². The van der Waals surface area contributed by atoms with Gasteiger partial charge >= 0.3 is 0 Å². The van der Waals surface area contributed by atoms with E-state index in [1.807, 2.05) is 50.2 Å². The number of rotatable bonds is 8. The van der Waals surface area contributed by atoms with Crippen LogP contribution in [-0.4, -0.2) is 56.7 Å². The van der Waals surface area contributed by atoms with Gasteiger partial charge in [-0.2, -0.15) is 0 Å². The van der Waals surface area contributed by atoms with Crippen LogP contribution in [-0.2, 0) is 4.79 Å². The van der Waals surface area contributed by atoms with Gasteiger partial charge in [-0.05, 0) is 57.3 Å². The number of ether oxygens (including phenoxy) is 1. The highest BCUT2D eigenvalue weighted by Gasteiger charge is 2.14. The molecule has 0 bridgehead atoms. The fourth-order valence-corrected chi connectivity index (χ4v) is 3.32. The Hall–Kier alpha value is -2.73. The van der Waals surface area contributed by atoms with Crippen LogP contribution in [0.3, 0.4) is 0 Å². The first-order valence-corrected chi connectivity index (χ1v) is 10.3. The van der Waals surface area contributed by atoms with Crippen molar-refractivity contribution in [1.82, 2.24) is 4.90 Å². The van der Waals surface area contributed by atoms with Crippen molar-refractivity contribution in [3.05, 3.63) is 48.5 Å². The smallest absolute Gasteiger partial charge is 0.226 e. The topological polar surface area (TPSA) is 56.8 Å². The van der Waals surface area contributed by atoms with Crippen LogP contribution < -0.4 is 20.3 Å². The maximum absolute atomic E-state index is 12.3. The molecule has 1 aliphatic rings. The summed E-state index contributed by atoms with van der Waals surface area (Å²) < 4.78 is 5.80. The molecule has 2 aromatic rings.